The number of anilines is 1. The molecule has 0 fully saturated rings. The summed E-state index contributed by atoms with van der Waals surface area (Å²) in [5.41, 5.74) is 3.20. The molecule has 5 heteroatoms. The van der Waals surface area contributed by atoms with Gasteiger partial charge in [-0.25, -0.2) is 0 Å². The van der Waals surface area contributed by atoms with Gasteiger partial charge in [0.2, 0.25) is 5.91 Å². The lowest BCUT2D eigenvalue weighted by Crippen LogP contribution is -2.45. The first kappa shape index (κ1) is 14.5. The summed E-state index contributed by atoms with van der Waals surface area (Å²) >= 11 is 0. The molecular formula is C19H17N3O2. The van der Waals surface area contributed by atoms with Crippen LogP contribution in [0.5, 0.6) is 0 Å². The van der Waals surface area contributed by atoms with Crippen molar-refractivity contribution >= 4 is 28.4 Å². The van der Waals surface area contributed by atoms with Crippen LogP contribution in [0, 0.1) is 0 Å². The number of nitrogens with zero attached hydrogens (tertiary/aromatic N) is 1. The summed E-state index contributed by atoms with van der Waals surface area (Å²) < 4.78 is 0. The Morgan fingerprint density at radius 3 is 2.67 bits per heavy atom. The molecule has 1 aliphatic rings. The summed E-state index contributed by atoms with van der Waals surface area (Å²) in [6, 6.07) is 14.5. The van der Waals surface area contributed by atoms with Gasteiger partial charge in [-0.15, -0.1) is 0 Å². The van der Waals surface area contributed by atoms with Gasteiger partial charge in [0.05, 0.1) is 11.3 Å². The second kappa shape index (κ2) is 5.53. The summed E-state index contributed by atoms with van der Waals surface area (Å²) in [7, 11) is 1.71. The van der Waals surface area contributed by atoms with Gasteiger partial charge >= 0.3 is 0 Å². The molecule has 2 amide bonds. The van der Waals surface area contributed by atoms with Crippen molar-refractivity contribution in [3.05, 3.63) is 65.9 Å². The SMILES string of the molecule is CN1C(=O)C(Cc2c[nH]c3ccccc23)NC(=O)c2ccccc21. The smallest absolute Gasteiger partial charge is 0.254 e. The monoisotopic (exact) mass is 319 g/mol. The summed E-state index contributed by atoms with van der Waals surface area (Å²) in [6.45, 7) is 0. The standard InChI is InChI=1S/C19H17N3O2/c1-22-17-9-5-3-7-14(17)18(23)21-16(19(22)24)10-12-11-20-15-8-4-2-6-13(12)15/h2-9,11,16,20H,10H2,1H3,(H,21,23). The number of para-hydroxylation sites is 2. The molecule has 2 N–H and O–H groups in total. The Labute approximate surface area is 139 Å². The molecule has 4 rings (SSSR count). The van der Waals surface area contributed by atoms with Crippen molar-refractivity contribution in [3.8, 4) is 0 Å². The summed E-state index contributed by atoms with van der Waals surface area (Å²) in [6.07, 6.45) is 2.36. The Morgan fingerprint density at radius 1 is 1.04 bits per heavy atom. The number of nitrogens with one attached hydrogen (secondary N) is 2. The van der Waals surface area contributed by atoms with Crippen LogP contribution in [0.2, 0.25) is 0 Å². The topological polar surface area (TPSA) is 65.2 Å². The van der Waals surface area contributed by atoms with Crippen LogP contribution in [0.4, 0.5) is 5.69 Å². The number of amides is 2. The lowest BCUT2D eigenvalue weighted by molar-refractivity contribution is -0.120. The van der Waals surface area contributed by atoms with Gasteiger partial charge < -0.3 is 15.2 Å². The number of likely N-dealkylation sites (N-methyl/N-ethyl adjacent to an activating group) is 1. The highest BCUT2D eigenvalue weighted by atomic mass is 16.2. The third-order valence-corrected chi connectivity index (χ3v) is 4.54. The molecule has 0 spiro atoms. The Balaban J connectivity index is 1.70. The van der Waals surface area contributed by atoms with Crippen LogP contribution in [0.15, 0.2) is 54.7 Å². The number of hydrogen-bond donors (Lipinski definition) is 2. The Hall–Kier alpha value is -3.08. The van der Waals surface area contributed by atoms with Crippen LogP contribution >= 0.6 is 0 Å². The van der Waals surface area contributed by atoms with E-state index in [9.17, 15) is 9.59 Å². The maximum atomic E-state index is 12.8. The van der Waals surface area contributed by atoms with Crippen LogP contribution in [-0.4, -0.2) is 29.9 Å². The molecule has 120 valence electrons. The molecule has 1 aliphatic heterocycles. The summed E-state index contributed by atoms with van der Waals surface area (Å²) in [5, 5.41) is 3.95. The van der Waals surface area contributed by atoms with E-state index in [1.54, 1.807) is 30.1 Å². The highest BCUT2D eigenvalue weighted by Gasteiger charge is 2.32. The van der Waals surface area contributed by atoms with E-state index in [2.05, 4.69) is 10.3 Å². The Kier molecular flexibility index (Phi) is 3.34. The van der Waals surface area contributed by atoms with Crippen molar-refractivity contribution in [1.82, 2.24) is 10.3 Å². The summed E-state index contributed by atoms with van der Waals surface area (Å²) in [5.74, 6) is -0.327. The van der Waals surface area contributed by atoms with E-state index in [0.717, 1.165) is 16.5 Å². The first-order valence-electron chi connectivity index (χ1n) is 7.87. The number of carbonyl (C=O) groups is 2. The molecule has 0 saturated heterocycles. The first-order valence-corrected chi connectivity index (χ1v) is 7.87. The van der Waals surface area contributed by atoms with E-state index in [1.807, 2.05) is 36.5 Å². The highest BCUT2D eigenvalue weighted by molar-refractivity contribution is 6.10. The average molecular weight is 319 g/mol. The lowest BCUT2D eigenvalue weighted by atomic mass is 10.0. The van der Waals surface area contributed by atoms with Crippen LogP contribution in [-0.2, 0) is 11.2 Å². The normalized spacial score (nSPS) is 17.5. The van der Waals surface area contributed by atoms with Gasteiger partial charge in [-0.05, 0) is 23.8 Å². The number of hydrogen-bond acceptors (Lipinski definition) is 2. The van der Waals surface area contributed by atoms with Gasteiger partial charge in [-0.1, -0.05) is 30.3 Å². The summed E-state index contributed by atoms with van der Waals surface area (Å²) in [4.78, 5) is 30.1. The van der Waals surface area contributed by atoms with Gasteiger partial charge in [0.1, 0.15) is 6.04 Å². The predicted octanol–water partition coefficient (Wildman–Crippen LogP) is 2.49. The number of aromatic amines is 1. The molecule has 3 aromatic rings. The fourth-order valence-electron chi connectivity index (χ4n) is 3.27. The molecular weight excluding hydrogens is 302 g/mol. The number of benzene rings is 2. The molecule has 2 heterocycles. The number of H-pyrrole nitrogens is 1. The molecule has 0 saturated carbocycles. The molecule has 0 aliphatic carbocycles. The number of fused-ring (bicyclic) bond motifs is 2. The van der Waals surface area contributed by atoms with Gasteiger partial charge in [0.15, 0.2) is 0 Å². The molecule has 0 radical (unpaired) electrons. The number of rotatable bonds is 2. The Bertz CT molecular complexity index is 944. The third kappa shape index (κ3) is 2.25. The van der Waals surface area contributed by atoms with Crippen LogP contribution in [0.3, 0.4) is 0 Å². The predicted molar refractivity (Wildman–Crippen MR) is 93.1 cm³/mol. The van der Waals surface area contributed by atoms with E-state index < -0.39 is 6.04 Å². The number of carbonyl (C=O) groups excluding carboxylic acids is 2. The van der Waals surface area contributed by atoms with E-state index in [4.69, 9.17) is 0 Å². The highest BCUT2D eigenvalue weighted by Crippen LogP contribution is 2.25. The van der Waals surface area contributed by atoms with Gasteiger partial charge in [0.25, 0.3) is 5.91 Å². The number of aromatic nitrogens is 1. The maximum absolute atomic E-state index is 12.8. The largest absolute Gasteiger partial charge is 0.361 e. The fraction of sp³-hybridized carbons (Fsp3) is 0.158. The van der Waals surface area contributed by atoms with Gasteiger partial charge in [-0.2, -0.15) is 0 Å². The van der Waals surface area contributed by atoms with Crippen LogP contribution in [0.1, 0.15) is 15.9 Å². The zero-order chi connectivity index (χ0) is 16.7. The van der Waals surface area contributed by atoms with Crippen molar-refractivity contribution < 1.29 is 9.59 Å². The van der Waals surface area contributed by atoms with Gasteiger partial charge in [-0.3, -0.25) is 9.59 Å². The average Bonchev–Trinajstić information content (AvgIpc) is 2.99. The minimum atomic E-state index is -0.589. The van der Waals surface area contributed by atoms with Crippen LogP contribution < -0.4 is 10.2 Å². The molecule has 1 unspecified atom stereocenters. The quantitative estimate of drug-likeness (QED) is 0.762. The van der Waals surface area contributed by atoms with Crippen molar-refractivity contribution in [1.29, 1.82) is 0 Å². The minimum absolute atomic E-state index is 0.112. The third-order valence-electron chi connectivity index (χ3n) is 4.54. The Morgan fingerprint density at radius 2 is 1.79 bits per heavy atom. The second-order valence-corrected chi connectivity index (χ2v) is 6.00. The van der Waals surface area contributed by atoms with Crippen molar-refractivity contribution in [2.75, 3.05) is 11.9 Å². The zero-order valence-corrected chi connectivity index (χ0v) is 13.2. The molecule has 1 aromatic heterocycles. The zero-order valence-electron chi connectivity index (χ0n) is 13.2. The molecule has 5 nitrogen and oxygen atoms in total. The molecule has 0 bridgehead atoms. The minimum Gasteiger partial charge on any atom is -0.361 e. The van der Waals surface area contributed by atoms with Crippen molar-refractivity contribution in [2.45, 2.75) is 12.5 Å². The first-order chi connectivity index (χ1) is 11.6. The van der Waals surface area contributed by atoms with Crippen molar-refractivity contribution in [2.24, 2.45) is 0 Å². The molecule has 2 aromatic carbocycles. The van der Waals surface area contributed by atoms with E-state index in [-0.39, 0.29) is 11.8 Å². The van der Waals surface area contributed by atoms with Gasteiger partial charge in [0, 0.05) is 30.6 Å². The maximum Gasteiger partial charge on any atom is 0.254 e. The van der Waals surface area contributed by atoms with Crippen LogP contribution in [0.25, 0.3) is 10.9 Å². The van der Waals surface area contributed by atoms with E-state index >= 15 is 0 Å². The lowest BCUT2D eigenvalue weighted by Gasteiger charge is -2.20. The molecule has 1 atom stereocenters. The second-order valence-electron chi connectivity index (χ2n) is 6.00. The van der Waals surface area contributed by atoms with E-state index in [1.165, 1.54) is 0 Å². The van der Waals surface area contributed by atoms with E-state index in [0.29, 0.717) is 17.7 Å². The molecule has 24 heavy (non-hydrogen) atoms. The fourth-order valence-corrected chi connectivity index (χ4v) is 3.27. The van der Waals surface area contributed by atoms with Crippen molar-refractivity contribution in [3.63, 3.8) is 0 Å².